The van der Waals surface area contributed by atoms with Crippen molar-refractivity contribution in [2.24, 2.45) is 74.9 Å². The first-order chi connectivity index (χ1) is 29.2. The van der Waals surface area contributed by atoms with Gasteiger partial charge in [0.15, 0.2) is 5.90 Å². The van der Waals surface area contributed by atoms with Crippen molar-refractivity contribution in [3.05, 3.63) is 11.6 Å². The molecule has 12 saturated carbocycles. The van der Waals surface area contributed by atoms with Gasteiger partial charge in [0.25, 0.3) is 0 Å². The van der Waals surface area contributed by atoms with Gasteiger partial charge in [0.05, 0.1) is 24.5 Å². The van der Waals surface area contributed by atoms with Crippen molar-refractivity contribution in [2.45, 2.75) is 193 Å². The second-order valence-electron chi connectivity index (χ2n) is 22.0. The topological polar surface area (TPSA) is 181 Å². The van der Waals surface area contributed by atoms with E-state index in [0.717, 1.165) is 117 Å². The van der Waals surface area contributed by atoms with Gasteiger partial charge in [-0.1, -0.05) is 20.3 Å². The predicted octanol–water partition coefficient (Wildman–Crippen LogP) is 10.5. The summed E-state index contributed by atoms with van der Waals surface area (Å²) in [6, 6.07) is 0. The number of nitrogens with one attached hydrogen (secondary N) is 3. The van der Waals surface area contributed by atoms with E-state index in [4.69, 9.17) is 31.5 Å². The Hall–Kier alpha value is -2.89. The lowest BCUT2D eigenvalue weighted by Gasteiger charge is -2.56. The maximum Gasteiger partial charge on any atom is 0.312 e. The van der Waals surface area contributed by atoms with Crippen LogP contribution in [-0.4, -0.2) is 52.8 Å². The van der Waals surface area contributed by atoms with E-state index >= 15 is 0 Å². The fraction of sp³-hybridized carbons (Fsp3) is 0.898. The number of methoxy groups -OCH3 is 1. The van der Waals surface area contributed by atoms with Crippen LogP contribution in [0.25, 0.3) is 0 Å². The molecule has 1 aromatic heterocycles. The van der Waals surface area contributed by atoms with Gasteiger partial charge in [0, 0.05) is 32.8 Å². The molecule has 61 heavy (non-hydrogen) atoms. The molecule has 0 atom stereocenters. The largest absolute Gasteiger partial charge is 0.484 e. The van der Waals surface area contributed by atoms with Gasteiger partial charge in [-0.15, -0.1) is 10.2 Å². The fourth-order valence-corrected chi connectivity index (χ4v) is 16.5. The van der Waals surface area contributed by atoms with Gasteiger partial charge in [0.1, 0.15) is 11.6 Å². The summed E-state index contributed by atoms with van der Waals surface area (Å²) >= 11 is 0. The Kier molecular flexibility index (Phi) is 15.0. The summed E-state index contributed by atoms with van der Waals surface area (Å²) in [7, 11) is 1.70. The minimum absolute atomic E-state index is 0. The molecule has 2 aliphatic heterocycles. The number of aromatic nitrogens is 3. The lowest BCUT2D eigenvalue weighted by atomic mass is 9.49. The third-order valence-electron chi connectivity index (χ3n) is 17.6. The third kappa shape index (κ3) is 9.79. The summed E-state index contributed by atoms with van der Waals surface area (Å²) in [5.41, 5.74) is 12.7. The molecular weight excluding hydrogens is 765 g/mol. The van der Waals surface area contributed by atoms with E-state index in [9.17, 15) is 9.59 Å². The van der Waals surface area contributed by atoms with Crippen molar-refractivity contribution in [3.63, 3.8) is 0 Å². The van der Waals surface area contributed by atoms with Gasteiger partial charge in [-0.2, -0.15) is 0 Å². The Balaban J connectivity index is 0.000000139. The molecule has 5 N–H and O–H groups in total. The molecule has 0 spiro atoms. The van der Waals surface area contributed by atoms with Gasteiger partial charge in [-0.05, 0) is 201 Å². The van der Waals surface area contributed by atoms with Crippen LogP contribution in [0, 0.1) is 75.2 Å². The van der Waals surface area contributed by atoms with Crippen LogP contribution < -0.4 is 11.3 Å². The molecule has 0 saturated heterocycles. The van der Waals surface area contributed by atoms with Crippen molar-refractivity contribution < 1.29 is 20.5 Å². The average molecular weight is 849 g/mol. The lowest BCUT2D eigenvalue weighted by Crippen LogP contribution is -2.54. The molecule has 0 unspecified atom stereocenters. The van der Waals surface area contributed by atoms with E-state index in [0.29, 0.717) is 12.0 Å². The maximum absolute atomic E-state index is 12.1. The smallest absolute Gasteiger partial charge is 0.312 e. The van der Waals surface area contributed by atoms with E-state index in [1.165, 1.54) is 134 Å². The van der Waals surface area contributed by atoms with Crippen LogP contribution in [-0.2, 0) is 37.4 Å². The van der Waals surface area contributed by atoms with Crippen LogP contribution in [0.5, 0.6) is 0 Å². The zero-order valence-corrected chi connectivity index (χ0v) is 37.2. The average Bonchev–Trinajstić information content (AvgIpc) is 3.36. The molecule has 14 aliphatic rings. The monoisotopic (exact) mass is 849 g/mol. The van der Waals surface area contributed by atoms with E-state index in [1.54, 1.807) is 7.11 Å². The number of hydrazine groups is 1. The lowest BCUT2D eigenvalue weighted by molar-refractivity contribution is -0.171. The first-order valence-corrected chi connectivity index (χ1v) is 24.6. The van der Waals surface area contributed by atoms with Crippen LogP contribution in [0.15, 0.2) is 4.99 Å². The number of hydrogen-bond acceptors (Lipinski definition) is 10. The molecular formula is C49H84N8O4. The minimum Gasteiger partial charge on any atom is -0.484 e. The maximum atomic E-state index is 12.1. The van der Waals surface area contributed by atoms with Crippen LogP contribution >= 0.6 is 0 Å². The zero-order valence-electron chi connectivity index (χ0n) is 37.2. The molecule has 12 fully saturated rings. The van der Waals surface area contributed by atoms with Crippen LogP contribution in [0.1, 0.15) is 188 Å². The molecule has 15 rings (SSSR count). The Morgan fingerprint density at radius 3 is 1.62 bits per heavy atom. The Bertz CT molecular complexity index is 1570. The molecule has 344 valence electrons. The molecule has 12 bridgehead atoms. The number of aliphatic imine (C=N–C) groups is 1. The highest BCUT2D eigenvalue weighted by Gasteiger charge is 2.57. The second kappa shape index (κ2) is 19.9. The highest BCUT2D eigenvalue weighted by atomic mass is 16.5. The van der Waals surface area contributed by atoms with Gasteiger partial charge >= 0.3 is 5.97 Å². The summed E-state index contributed by atoms with van der Waals surface area (Å²) < 4.78 is 12.9. The van der Waals surface area contributed by atoms with Crippen molar-refractivity contribution in [1.29, 1.82) is 11.1 Å². The number of nitrogens with zero attached hydrogens (tertiary/aromatic N) is 4. The van der Waals surface area contributed by atoms with Crippen LogP contribution in [0.4, 0.5) is 0 Å². The van der Waals surface area contributed by atoms with E-state index < -0.39 is 0 Å². The normalized spacial score (nSPS) is 39.9. The number of rotatable bonds is 4. The van der Waals surface area contributed by atoms with Crippen molar-refractivity contribution >= 4 is 17.8 Å². The second-order valence-corrected chi connectivity index (χ2v) is 22.0. The first kappa shape index (κ1) is 46.1. The predicted molar refractivity (Wildman–Crippen MR) is 240 cm³/mol. The van der Waals surface area contributed by atoms with Crippen LogP contribution in [0.2, 0.25) is 0 Å². The van der Waals surface area contributed by atoms with E-state index in [1.807, 2.05) is 6.92 Å². The third-order valence-corrected chi connectivity index (χ3v) is 17.6. The van der Waals surface area contributed by atoms with E-state index in [2.05, 4.69) is 20.1 Å². The number of carbonyl (C=O) groups is 2. The quantitative estimate of drug-likeness (QED) is 0.0764. The van der Waals surface area contributed by atoms with Crippen molar-refractivity contribution in [2.75, 3.05) is 20.3 Å². The number of fused-ring (bicyclic) bond motifs is 1. The summed E-state index contributed by atoms with van der Waals surface area (Å²) in [6.45, 7) is 4.60. The first-order valence-electron chi connectivity index (χ1n) is 24.6. The van der Waals surface area contributed by atoms with Gasteiger partial charge in [-0.3, -0.25) is 20.0 Å². The van der Waals surface area contributed by atoms with Crippen molar-refractivity contribution in [1.82, 2.24) is 20.2 Å². The highest BCUT2D eigenvalue weighted by molar-refractivity contribution is 5.82. The molecule has 3 heterocycles. The summed E-state index contributed by atoms with van der Waals surface area (Å²) in [5, 5.41) is 9.33. The number of amides is 1. The highest BCUT2D eigenvalue weighted by Crippen LogP contribution is 2.62. The Morgan fingerprint density at radius 2 is 1.15 bits per heavy atom. The van der Waals surface area contributed by atoms with Gasteiger partial charge < -0.3 is 14.0 Å². The zero-order chi connectivity index (χ0) is 41.9. The molecule has 0 aromatic carbocycles. The van der Waals surface area contributed by atoms with Gasteiger partial charge in [0.2, 0.25) is 5.91 Å². The van der Waals surface area contributed by atoms with E-state index in [-0.39, 0.29) is 31.6 Å². The fourth-order valence-electron chi connectivity index (χ4n) is 16.5. The molecule has 12 aliphatic carbocycles. The Morgan fingerprint density at radius 1 is 0.689 bits per heavy atom. The molecule has 0 radical (unpaired) electrons. The molecule has 12 heteroatoms. The number of ether oxygens (including phenoxy) is 2. The number of nitrogens with two attached hydrogens (primary N) is 1. The minimum atomic E-state index is -0.0660. The summed E-state index contributed by atoms with van der Waals surface area (Å²) in [4.78, 5) is 28.1. The number of aryl methyl sites for hydroxylation is 1. The SMILES string of the molecule is C.C1CCc2nnc(C34CC5CC(CC(C5)C3)C4)n2CC1.CCOC(=O)C12CC3CC(CC(C3)C1)C2.COC1=NCCCCC1.N=N.NNC(=O)C12CC3CC(CC(C3)C1)C2.[HH]. The Labute approximate surface area is 368 Å². The number of carbonyl (C=O) groups excluding carboxylic acids is 2. The van der Waals surface area contributed by atoms with Gasteiger partial charge in [-0.25, -0.2) is 16.9 Å². The molecule has 1 amide bonds. The number of esters is 1. The summed E-state index contributed by atoms with van der Waals surface area (Å²) in [6.07, 6.45) is 33.7. The summed E-state index contributed by atoms with van der Waals surface area (Å²) in [5.74, 6) is 17.1. The molecule has 1 aromatic rings. The molecule has 12 nitrogen and oxygen atoms in total. The number of hydrogen-bond donors (Lipinski definition) is 4. The standard InChI is InChI=1S/C17H25N3.C13H20O2.C11H18N2O.C7H13NO.CH4.H2N2.H2/c1-2-4-15-18-19-16(20(15)5-3-1)17-9-12-6-13(10-17)8-14(7-12)11-17;1-2-15-12(14)13-6-9-3-10(7-13)5-11(4-9)8-13;12-13-10(14)11-4-7-1-8(5-11)3-9(2-7)6-11;1-9-7-5-3-2-4-6-8-7;;1-2;/h12-14H,1-11H2;9-11H,2-8H2,1H3;7-9H,1-6,12H2,(H,13,14);2-6H2,1H3;1H4;1-2H;1H. The van der Waals surface area contributed by atoms with Crippen molar-refractivity contribution in [3.8, 4) is 0 Å². The van der Waals surface area contributed by atoms with Crippen LogP contribution in [0.3, 0.4) is 0 Å².